The predicted octanol–water partition coefficient (Wildman–Crippen LogP) is 4.47. The molecule has 2 aliphatic heterocycles. The highest BCUT2D eigenvalue weighted by Crippen LogP contribution is 2.48. The molecule has 1 unspecified atom stereocenters. The summed E-state index contributed by atoms with van der Waals surface area (Å²) < 4.78 is 15.6. The lowest BCUT2D eigenvalue weighted by Crippen LogP contribution is -2.34. The van der Waals surface area contributed by atoms with E-state index in [-0.39, 0.29) is 24.8 Å². The van der Waals surface area contributed by atoms with Crippen LogP contribution in [-0.4, -0.2) is 39.5 Å². The second kappa shape index (κ2) is 8.90. The van der Waals surface area contributed by atoms with E-state index in [0.717, 1.165) is 53.6 Å². The second-order valence-corrected chi connectivity index (χ2v) is 9.19. The zero-order valence-electron chi connectivity index (χ0n) is 18.1. The standard InChI is InChI=1S/C23H23Cl2N5O3/c1-13(31)28-15-8-17-20(14-10-27-30(11-14)19-4-2-3-6-33-19)21-18(32-7-5-26)9-16(24)22(25)23(21)29(17)12-15/h9-11,15,19H,2-4,6-8,12H2,1H3,(H,28,31)/t15-,19?/m0/s1. The molecule has 0 saturated carbocycles. The SMILES string of the molecule is CC(=O)N[C@H]1Cc2c(-c3cnn(C4CCCCO4)c3)c3c(OCC#N)cc(Cl)c(Cl)c3n2C1. The topological polar surface area (TPSA) is 94.1 Å². The number of fused-ring (bicyclic) bond motifs is 3. The van der Waals surface area contributed by atoms with Gasteiger partial charge in [0, 0.05) is 55.6 Å². The number of hydrogen-bond acceptors (Lipinski definition) is 5. The van der Waals surface area contributed by atoms with Crippen molar-refractivity contribution in [1.29, 1.82) is 5.26 Å². The van der Waals surface area contributed by atoms with E-state index in [1.807, 2.05) is 23.1 Å². The van der Waals surface area contributed by atoms with Crippen LogP contribution in [0.3, 0.4) is 0 Å². The smallest absolute Gasteiger partial charge is 0.217 e. The molecule has 2 atom stereocenters. The molecule has 10 heteroatoms. The van der Waals surface area contributed by atoms with E-state index in [2.05, 4.69) is 15.0 Å². The van der Waals surface area contributed by atoms with Gasteiger partial charge in [-0.1, -0.05) is 23.2 Å². The molecule has 1 aromatic carbocycles. The normalized spacial score (nSPS) is 19.9. The van der Waals surface area contributed by atoms with Crippen molar-refractivity contribution in [3.05, 3.63) is 34.2 Å². The highest BCUT2D eigenvalue weighted by molar-refractivity contribution is 6.45. The molecule has 4 heterocycles. The molecule has 8 nitrogen and oxygen atoms in total. The number of nitrogens with zero attached hydrogens (tertiary/aromatic N) is 4. The summed E-state index contributed by atoms with van der Waals surface area (Å²) in [5.41, 5.74) is 3.56. The van der Waals surface area contributed by atoms with Crippen molar-refractivity contribution < 1.29 is 14.3 Å². The van der Waals surface area contributed by atoms with Crippen LogP contribution in [0.4, 0.5) is 0 Å². The molecule has 0 spiro atoms. The fraction of sp³-hybridized carbons (Fsp3) is 0.435. The van der Waals surface area contributed by atoms with Crippen LogP contribution in [0.15, 0.2) is 18.5 Å². The summed E-state index contributed by atoms with van der Waals surface area (Å²) in [4.78, 5) is 11.7. The zero-order valence-corrected chi connectivity index (χ0v) is 19.6. The Hall–Kier alpha value is -2.73. The van der Waals surface area contributed by atoms with Crippen LogP contribution >= 0.6 is 23.2 Å². The van der Waals surface area contributed by atoms with Gasteiger partial charge in [0.15, 0.2) is 6.61 Å². The van der Waals surface area contributed by atoms with Crippen molar-refractivity contribution in [2.75, 3.05) is 13.2 Å². The lowest BCUT2D eigenvalue weighted by Gasteiger charge is -2.22. The van der Waals surface area contributed by atoms with Crippen molar-refractivity contribution in [2.24, 2.45) is 0 Å². The number of carbonyl (C=O) groups excluding carboxylic acids is 1. The molecular weight excluding hydrogens is 465 g/mol. The van der Waals surface area contributed by atoms with Gasteiger partial charge in [-0.25, -0.2) is 4.68 Å². The van der Waals surface area contributed by atoms with Crippen LogP contribution in [0, 0.1) is 11.3 Å². The number of nitrogens with one attached hydrogen (secondary N) is 1. The lowest BCUT2D eigenvalue weighted by molar-refractivity contribution is -0.119. The Bertz CT molecular complexity index is 1270. The van der Waals surface area contributed by atoms with Crippen molar-refractivity contribution in [3.8, 4) is 22.9 Å². The van der Waals surface area contributed by atoms with Gasteiger partial charge >= 0.3 is 0 Å². The minimum absolute atomic E-state index is 0.0594. The Morgan fingerprint density at radius 3 is 3.00 bits per heavy atom. The molecule has 1 N–H and O–H groups in total. The Balaban J connectivity index is 1.69. The Morgan fingerprint density at radius 1 is 1.42 bits per heavy atom. The number of benzene rings is 1. The van der Waals surface area contributed by atoms with Crippen LogP contribution in [0.5, 0.6) is 5.75 Å². The van der Waals surface area contributed by atoms with E-state index in [1.165, 1.54) is 6.92 Å². The lowest BCUT2D eigenvalue weighted by atomic mass is 10.0. The summed E-state index contributed by atoms with van der Waals surface area (Å²) in [5, 5.41) is 18.2. The molecule has 0 bridgehead atoms. The van der Waals surface area contributed by atoms with Gasteiger partial charge in [-0.2, -0.15) is 10.4 Å². The summed E-state index contributed by atoms with van der Waals surface area (Å²) in [6.07, 6.45) is 7.41. The van der Waals surface area contributed by atoms with E-state index >= 15 is 0 Å². The van der Waals surface area contributed by atoms with Gasteiger partial charge in [0.1, 0.15) is 18.0 Å². The van der Waals surface area contributed by atoms with Crippen LogP contribution in [0.1, 0.15) is 38.1 Å². The fourth-order valence-corrected chi connectivity index (χ4v) is 5.35. The summed E-state index contributed by atoms with van der Waals surface area (Å²) in [5.74, 6) is 0.414. The number of rotatable bonds is 5. The predicted molar refractivity (Wildman–Crippen MR) is 124 cm³/mol. The summed E-state index contributed by atoms with van der Waals surface area (Å²) in [6, 6.07) is 3.61. The quantitative estimate of drug-likeness (QED) is 0.572. The van der Waals surface area contributed by atoms with Crippen molar-refractivity contribution in [2.45, 2.75) is 51.4 Å². The molecule has 2 aliphatic rings. The minimum Gasteiger partial charge on any atom is -0.478 e. The number of ether oxygens (including phenoxy) is 2. The highest BCUT2D eigenvalue weighted by Gasteiger charge is 2.33. The van der Waals surface area contributed by atoms with Gasteiger partial charge in [-0.3, -0.25) is 4.79 Å². The first-order chi connectivity index (χ1) is 16.0. The zero-order chi connectivity index (χ0) is 23.1. The van der Waals surface area contributed by atoms with Crippen LogP contribution in [0.2, 0.25) is 10.0 Å². The third-order valence-corrected chi connectivity index (χ3v) is 6.95. The van der Waals surface area contributed by atoms with Gasteiger partial charge in [0.05, 0.1) is 33.2 Å². The van der Waals surface area contributed by atoms with E-state index in [1.54, 1.807) is 6.07 Å². The molecule has 0 radical (unpaired) electrons. The molecule has 3 aromatic rings. The number of amides is 1. The molecule has 33 heavy (non-hydrogen) atoms. The van der Waals surface area contributed by atoms with E-state index in [0.29, 0.717) is 28.8 Å². The molecule has 2 aromatic heterocycles. The average molecular weight is 488 g/mol. The maximum absolute atomic E-state index is 11.7. The third kappa shape index (κ3) is 3.95. The number of halogens is 2. The number of aromatic nitrogens is 3. The summed E-state index contributed by atoms with van der Waals surface area (Å²) in [7, 11) is 0. The number of carbonyl (C=O) groups is 1. The minimum atomic E-state index is -0.114. The monoisotopic (exact) mass is 487 g/mol. The molecule has 5 rings (SSSR count). The first-order valence-electron chi connectivity index (χ1n) is 10.9. The van der Waals surface area contributed by atoms with E-state index < -0.39 is 0 Å². The largest absolute Gasteiger partial charge is 0.478 e. The molecule has 1 fully saturated rings. The maximum Gasteiger partial charge on any atom is 0.217 e. The van der Waals surface area contributed by atoms with Crippen LogP contribution in [0.25, 0.3) is 22.0 Å². The molecular formula is C23H23Cl2N5O3. The van der Waals surface area contributed by atoms with Crippen molar-refractivity contribution >= 4 is 40.0 Å². The van der Waals surface area contributed by atoms with Gasteiger partial charge in [0.2, 0.25) is 5.91 Å². The third-order valence-electron chi connectivity index (χ3n) is 6.18. The van der Waals surface area contributed by atoms with Crippen LogP contribution in [-0.2, 0) is 22.5 Å². The van der Waals surface area contributed by atoms with E-state index in [9.17, 15) is 4.79 Å². The van der Waals surface area contributed by atoms with Gasteiger partial charge < -0.3 is 19.4 Å². The molecule has 0 aliphatic carbocycles. The average Bonchev–Trinajstić information content (AvgIpc) is 3.49. The Kier molecular flexibility index (Phi) is 5.95. The Morgan fingerprint density at radius 2 is 2.27 bits per heavy atom. The highest BCUT2D eigenvalue weighted by atomic mass is 35.5. The van der Waals surface area contributed by atoms with Gasteiger partial charge in [-0.05, 0) is 19.3 Å². The maximum atomic E-state index is 11.7. The van der Waals surface area contributed by atoms with Crippen molar-refractivity contribution in [3.63, 3.8) is 0 Å². The van der Waals surface area contributed by atoms with Crippen molar-refractivity contribution in [1.82, 2.24) is 19.7 Å². The molecule has 1 saturated heterocycles. The van der Waals surface area contributed by atoms with Gasteiger partial charge in [-0.15, -0.1) is 0 Å². The van der Waals surface area contributed by atoms with E-state index in [4.69, 9.17) is 37.9 Å². The van der Waals surface area contributed by atoms with Gasteiger partial charge in [0.25, 0.3) is 0 Å². The molecule has 1 amide bonds. The Labute approximate surface area is 201 Å². The summed E-state index contributed by atoms with van der Waals surface area (Å²) in [6.45, 7) is 2.68. The second-order valence-electron chi connectivity index (χ2n) is 8.41. The number of nitriles is 1. The first-order valence-corrected chi connectivity index (χ1v) is 11.7. The van der Waals surface area contributed by atoms with Crippen LogP contribution < -0.4 is 10.1 Å². The summed E-state index contributed by atoms with van der Waals surface area (Å²) >= 11 is 13.1. The number of hydrogen-bond donors (Lipinski definition) is 1. The first kappa shape index (κ1) is 22.1. The molecule has 172 valence electrons. The fourth-order valence-electron chi connectivity index (χ4n) is 4.91.